The molecule has 3 N–H and O–H groups in total. The van der Waals surface area contributed by atoms with E-state index in [1.54, 1.807) is 0 Å². The molecule has 21 heavy (non-hydrogen) atoms. The van der Waals surface area contributed by atoms with Crippen LogP contribution in [0.25, 0.3) is 0 Å². The highest BCUT2D eigenvalue weighted by Gasteiger charge is 2.42. The maximum Gasteiger partial charge on any atom is 0.129 e. The molecule has 1 atom stereocenters. The van der Waals surface area contributed by atoms with Gasteiger partial charge in [0.25, 0.3) is 0 Å². The molecule has 1 aliphatic carbocycles. The highest BCUT2D eigenvalue weighted by Crippen LogP contribution is 2.48. The van der Waals surface area contributed by atoms with Gasteiger partial charge in [-0.2, -0.15) is 0 Å². The summed E-state index contributed by atoms with van der Waals surface area (Å²) < 4.78 is 14.0. The van der Waals surface area contributed by atoms with E-state index in [9.17, 15) is 9.50 Å². The zero-order valence-corrected chi connectivity index (χ0v) is 13.5. The normalized spacial score (nSPS) is 27.9. The molecule has 2 rings (SSSR count). The summed E-state index contributed by atoms with van der Waals surface area (Å²) in [6, 6.07) is 4.33. The second kappa shape index (κ2) is 6.64. The van der Waals surface area contributed by atoms with Gasteiger partial charge in [0.15, 0.2) is 0 Å². The summed E-state index contributed by atoms with van der Waals surface area (Å²) in [5.74, 6) is 0.896. The molecule has 0 heterocycles. The molecule has 2 nitrogen and oxygen atoms in total. The Kier molecular flexibility index (Phi) is 5.29. The molecular weight excluding hydrogens is 289 g/mol. The standard InChI is InChI=1S/C17H25ClFNO/c1-11(2)12-5-7-17(10-20,8-6-12)16(21)14-9-13(18)3-4-15(14)19/h3-4,9,11-12,16,21H,5-8,10,20H2,1-2H3. The zero-order valence-electron chi connectivity index (χ0n) is 12.8. The number of nitrogens with two attached hydrogens (primary N) is 1. The van der Waals surface area contributed by atoms with Crippen LogP contribution in [0.15, 0.2) is 18.2 Å². The highest BCUT2D eigenvalue weighted by atomic mass is 35.5. The van der Waals surface area contributed by atoms with Gasteiger partial charge in [0.05, 0.1) is 6.10 Å². The van der Waals surface area contributed by atoms with Crippen LogP contribution in [-0.2, 0) is 0 Å². The highest BCUT2D eigenvalue weighted by molar-refractivity contribution is 6.30. The van der Waals surface area contributed by atoms with Gasteiger partial charge < -0.3 is 10.8 Å². The molecule has 0 aromatic heterocycles. The minimum absolute atomic E-state index is 0.274. The summed E-state index contributed by atoms with van der Waals surface area (Å²) in [4.78, 5) is 0. The van der Waals surface area contributed by atoms with Crippen LogP contribution in [0.1, 0.15) is 51.2 Å². The third-order valence-electron chi connectivity index (χ3n) is 5.21. The zero-order chi connectivity index (χ0) is 15.6. The lowest BCUT2D eigenvalue weighted by Crippen LogP contribution is -2.41. The van der Waals surface area contributed by atoms with Gasteiger partial charge in [-0.1, -0.05) is 25.4 Å². The van der Waals surface area contributed by atoms with E-state index >= 15 is 0 Å². The number of benzene rings is 1. The first kappa shape index (κ1) is 16.7. The van der Waals surface area contributed by atoms with E-state index < -0.39 is 17.3 Å². The summed E-state index contributed by atoms with van der Waals surface area (Å²) in [5.41, 5.74) is 5.81. The molecule has 0 aliphatic heterocycles. The van der Waals surface area contributed by atoms with Crippen LogP contribution in [0.2, 0.25) is 5.02 Å². The van der Waals surface area contributed by atoms with Gasteiger partial charge >= 0.3 is 0 Å². The third-order valence-corrected chi connectivity index (χ3v) is 5.44. The predicted molar refractivity (Wildman–Crippen MR) is 84.7 cm³/mol. The Hall–Kier alpha value is -0.640. The Morgan fingerprint density at radius 1 is 1.38 bits per heavy atom. The molecule has 1 aromatic carbocycles. The molecule has 0 radical (unpaired) electrons. The number of aliphatic hydroxyl groups is 1. The van der Waals surface area contributed by atoms with E-state index in [4.69, 9.17) is 17.3 Å². The third kappa shape index (κ3) is 3.41. The Morgan fingerprint density at radius 3 is 2.52 bits per heavy atom. The van der Waals surface area contributed by atoms with Crippen molar-refractivity contribution in [1.29, 1.82) is 0 Å². The van der Waals surface area contributed by atoms with Gasteiger partial charge in [0.1, 0.15) is 5.82 Å². The number of rotatable bonds is 4. The van der Waals surface area contributed by atoms with Crippen LogP contribution in [-0.4, -0.2) is 11.7 Å². The monoisotopic (exact) mass is 313 g/mol. The van der Waals surface area contributed by atoms with Gasteiger partial charge in [-0.05, 0) is 55.7 Å². The summed E-state index contributed by atoms with van der Waals surface area (Å²) in [6.45, 7) is 4.82. The molecule has 0 bridgehead atoms. The molecule has 1 fully saturated rings. The predicted octanol–water partition coefficient (Wildman–Crippen LogP) is 4.30. The fourth-order valence-corrected chi connectivity index (χ4v) is 3.71. The van der Waals surface area contributed by atoms with E-state index in [-0.39, 0.29) is 5.56 Å². The maximum atomic E-state index is 14.0. The quantitative estimate of drug-likeness (QED) is 0.870. The van der Waals surface area contributed by atoms with Crippen LogP contribution in [0.4, 0.5) is 4.39 Å². The van der Waals surface area contributed by atoms with Crippen molar-refractivity contribution in [3.8, 4) is 0 Å². The van der Waals surface area contributed by atoms with Gasteiger partial charge in [0, 0.05) is 22.5 Å². The van der Waals surface area contributed by atoms with Crippen molar-refractivity contribution >= 4 is 11.6 Å². The molecule has 0 spiro atoms. The smallest absolute Gasteiger partial charge is 0.129 e. The van der Waals surface area contributed by atoms with Crippen LogP contribution in [0, 0.1) is 23.1 Å². The van der Waals surface area contributed by atoms with Crippen molar-refractivity contribution in [3.63, 3.8) is 0 Å². The fourth-order valence-electron chi connectivity index (χ4n) is 3.52. The Balaban J connectivity index is 2.23. The van der Waals surface area contributed by atoms with Crippen molar-refractivity contribution in [2.75, 3.05) is 6.54 Å². The first-order valence-electron chi connectivity index (χ1n) is 7.72. The first-order chi connectivity index (χ1) is 9.89. The average Bonchev–Trinajstić information content (AvgIpc) is 2.49. The molecule has 1 aliphatic rings. The molecule has 118 valence electrons. The van der Waals surface area contributed by atoms with Crippen LogP contribution in [0.3, 0.4) is 0 Å². The Labute approximate surface area is 131 Å². The summed E-state index contributed by atoms with van der Waals surface area (Å²) in [6.07, 6.45) is 2.84. The summed E-state index contributed by atoms with van der Waals surface area (Å²) in [5, 5.41) is 11.2. The number of aliphatic hydroxyl groups excluding tert-OH is 1. The van der Waals surface area contributed by atoms with E-state index in [0.29, 0.717) is 23.4 Å². The maximum absolute atomic E-state index is 14.0. The van der Waals surface area contributed by atoms with Crippen LogP contribution >= 0.6 is 11.6 Å². The number of halogens is 2. The van der Waals surface area contributed by atoms with Crippen LogP contribution < -0.4 is 5.73 Å². The average molecular weight is 314 g/mol. The molecular formula is C17H25ClFNO. The fraction of sp³-hybridized carbons (Fsp3) is 0.647. The van der Waals surface area contributed by atoms with Crippen LogP contribution in [0.5, 0.6) is 0 Å². The van der Waals surface area contributed by atoms with Crippen molar-refractivity contribution < 1.29 is 9.50 Å². The van der Waals surface area contributed by atoms with Crippen molar-refractivity contribution in [1.82, 2.24) is 0 Å². The van der Waals surface area contributed by atoms with Gasteiger partial charge in [-0.15, -0.1) is 0 Å². The van der Waals surface area contributed by atoms with E-state index in [2.05, 4.69) is 13.8 Å². The van der Waals surface area contributed by atoms with Gasteiger partial charge in [-0.3, -0.25) is 0 Å². The Morgan fingerprint density at radius 2 is 2.00 bits per heavy atom. The Bertz CT molecular complexity index is 484. The van der Waals surface area contributed by atoms with E-state index in [1.165, 1.54) is 18.2 Å². The van der Waals surface area contributed by atoms with Crippen molar-refractivity contribution in [2.24, 2.45) is 23.0 Å². The van der Waals surface area contributed by atoms with Crippen molar-refractivity contribution in [3.05, 3.63) is 34.6 Å². The van der Waals surface area contributed by atoms with Crippen molar-refractivity contribution in [2.45, 2.75) is 45.6 Å². The molecule has 4 heteroatoms. The van der Waals surface area contributed by atoms with E-state index in [0.717, 1.165) is 25.7 Å². The van der Waals surface area contributed by atoms with Gasteiger partial charge in [-0.25, -0.2) is 4.39 Å². The summed E-state index contributed by atoms with van der Waals surface area (Å²) in [7, 11) is 0. The topological polar surface area (TPSA) is 46.2 Å². The lowest BCUT2D eigenvalue weighted by Gasteiger charge is -2.44. The lowest BCUT2D eigenvalue weighted by molar-refractivity contribution is -0.0167. The van der Waals surface area contributed by atoms with E-state index in [1.807, 2.05) is 0 Å². The SMILES string of the molecule is CC(C)C1CCC(CN)(C(O)c2cc(Cl)ccc2F)CC1. The first-order valence-corrected chi connectivity index (χ1v) is 8.10. The number of hydrogen-bond acceptors (Lipinski definition) is 2. The molecule has 0 saturated heterocycles. The molecule has 1 aromatic rings. The minimum Gasteiger partial charge on any atom is -0.388 e. The second-order valence-electron chi connectivity index (χ2n) is 6.72. The molecule has 0 amide bonds. The summed E-state index contributed by atoms with van der Waals surface area (Å²) >= 11 is 5.94. The number of hydrogen-bond donors (Lipinski definition) is 2. The lowest BCUT2D eigenvalue weighted by atomic mass is 9.64. The largest absolute Gasteiger partial charge is 0.388 e. The molecule has 1 unspecified atom stereocenters. The second-order valence-corrected chi connectivity index (χ2v) is 7.15. The minimum atomic E-state index is -0.894. The molecule has 1 saturated carbocycles. The van der Waals surface area contributed by atoms with Gasteiger partial charge in [0.2, 0.25) is 0 Å².